The number of alkyl halides is 2. The van der Waals surface area contributed by atoms with Crippen molar-refractivity contribution in [2.45, 2.75) is 38.8 Å². The number of rotatable bonds is 8. The maximum atomic E-state index is 14.9. The van der Waals surface area contributed by atoms with E-state index in [9.17, 15) is 18.0 Å². The summed E-state index contributed by atoms with van der Waals surface area (Å²) < 4.78 is 46.3. The van der Waals surface area contributed by atoms with Crippen LogP contribution in [0.25, 0.3) is 0 Å². The van der Waals surface area contributed by atoms with E-state index in [2.05, 4.69) is 10.3 Å². The second-order valence-corrected chi connectivity index (χ2v) is 7.71. The molecular formula is C22H27F3N4O2. The molecule has 2 aromatic rings. The summed E-state index contributed by atoms with van der Waals surface area (Å²) in [6, 6.07) is 8.95. The van der Waals surface area contributed by atoms with Gasteiger partial charge in [-0.15, -0.1) is 0 Å². The molecule has 2 atom stereocenters. The van der Waals surface area contributed by atoms with E-state index >= 15 is 0 Å². The first-order valence-corrected chi connectivity index (χ1v) is 10.2. The van der Waals surface area contributed by atoms with Crippen molar-refractivity contribution in [3.8, 4) is 5.75 Å². The monoisotopic (exact) mass is 436 g/mol. The third-order valence-corrected chi connectivity index (χ3v) is 5.21. The van der Waals surface area contributed by atoms with Crippen molar-refractivity contribution >= 4 is 17.4 Å². The highest BCUT2D eigenvalue weighted by atomic mass is 19.3. The minimum absolute atomic E-state index is 0.0916. The van der Waals surface area contributed by atoms with E-state index in [-0.39, 0.29) is 23.9 Å². The number of amides is 1. The molecule has 0 unspecified atom stereocenters. The van der Waals surface area contributed by atoms with E-state index in [1.165, 1.54) is 20.2 Å². The van der Waals surface area contributed by atoms with Crippen molar-refractivity contribution in [1.82, 2.24) is 10.3 Å². The van der Waals surface area contributed by atoms with Crippen LogP contribution < -0.4 is 19.9 Å². The number of carbonyl (C=O) groups excluding carboxylic acids is 1. The van der Waals surface area contributed by atoms with E-state index in [0.717, 1.165) is 10.5 Å². The van der Waals surface area contributed by atoms with Gasteiger partial charge in [0.1, 0.15) is 11.9 Å². The summed E-state index contributed by atoms with van der Waals surface area (Å²) in [6.45, 7) is 3.85. The lowest BCUT2D eigenvalue weighted by Crippen LogP contribution is -2.28. The van der Waals surface area contributed by atoms with Gasteiger partial charge in [-0.3, -0.25) is 4.79 Å². The van der Waals surface area contributed by atoms with Gasteiger partial charge in [0.2, 0.25) is 5.91 Å². The number of halogens is 3. The zero-order valence-corrected chi connectivity index (χ0v) is 17.8. The Kier molecular flexibility index (Phi) is 7.25. The van der Waals surface area contributed by atoms with E-state index in [1.807, 2.05) is 36.1 Å². The molecule has 0 radical (unpaired) electrons. The summed E-state index contributed by atoms with van der Waals surface area (Å²) in [7, 11) is 1.40. The maximum absolute atomic E-state index is 14.9. The molecular weight excluding hydrogens is 409 g/mol. The molecule has 2 heterocycles. The molecule has 168 valence electrons. The number of benzene rings is 1. The Morgan fingerprint density at radius 3 is 2.68 bits per heavy atom. The van der Waals surface area contributed by atoms with Crippen molar-refractivity contribution in [3.05, 3.63) is 47.9 Å². The van der Waals surface area contributed by atoms with Crippen LogP contribution >= 0.6 is 0 Å². The van der Waals surface area contributed by atoms with E-state index in [4.69, 9.17) is 4.74 Å². The minimum Gasteiger partial charge on any atom is -0.489 e. The fourth-order valence-corrected chi connectivity index (χ4v) is 3.69. The van der Waals surface area contributed by atoms with E-state index < -0.39 is 18.8 Å². The Morgan fingerprint density at radius 2 is 2.03 bits per heavy atom. The fraction of sp³-hybridized carbons (Fsp3) is 0.455. The number of nitrogens with zero attached hydrogens (tertiary/aromatic N) is 3. The van der Waals surface area contributed by atoms with Crippen LogP contribution in [0, 0.1) is 5.82 Å². The Hall–Kier alpha value is -2.97. The van der Waals surface area contributed by atoms with Gasteiger partial charge in [-0.1, -0.05) is 12.1 Å². The highest BCUT2D eigenvalue weighted by molar-refractivity contribution is 5.73. The molecule has 1 aromatic heterocycles. The fourth-order valence-electron chi connectivity index (χ4n) is 3.69. The molecule has 31 heavy (non-hydrogen) atoms. The zero-order chi connectivity index (χ0) is 22.5. The van der Waals surface area contributed by atoms with Gasteiger partial charge in [0, 0.05) is 33.1 Å². The quantitative estimate of drug-likeness (QED) is 0.683. The minimum atomic E-state index is -2.58. The number of anilines is 2. The normalized spacial score (nSPS) is 17.0. The lowest BCUT2D eigenvalue weighted by molar-refractivity contribution is -0.119. The molecule has 0 bridgehead atoms. The summed E-state index contributed by atoms with van der Waals surface area (Å²) in [5.74, 6) is -0.0994. The van der Waals surface area contributed by atoms with Crippen LogP contribution in [0.5, 0.6) is 5.75 Å². The van der Waals surface area contributed by atoms with Crippen molar-refractivity contribution < 1.29 is 22.7 Å². The highest BCUT2D eigenvalue weighted by Gasteiger charge is 2.28. The van der Waals surface area contributed by atoms with Crippen molar-refractivity contribution in [2.24, 2.45) is 0 Å². The third-order valence-electron chi connectivity index (χ3n) is 5.21. The first kappa shape index (κ1) is 22.7. The smallest absolute Gasteiger partial charge is 0.255 e. The average Bonchev–Trinajstić information content (AvgIpc) is 3.15. The molecule has 1 aliphatic rings. The van der Waals surface area contributed by atoms with Crippen LogP contribution in [0.2, 0.25) is 0 Å². The van der Waals surface area contributed by atoms with Gasteiger partial charge in [0.25, 0.3) is 6.43 Å². The number of carbonyl (C=O) groups is 1. The predicted molar refractivity (Wildman–Crippen MR) is 113 cm³/mol. The molecule has 1 N–H and O–H groups in total. The van der Waals surface area contributed by atoms with Crippen LogP contribution in [0.1, 0.15) is 31.9 Å². The maximum Gasteiger partial charge on any atom is 0.255 e. The van der Waals surface area contributed by atoms with Gasteiger partial charge in [-0.25, -0.2) is 18.2 Å². The molecule has 1 aromatic carbocycles. The highest BCUT2D eigenvalue weighted by Crippen LogP contribution is 2.30. The van der Waals surface area contributed by atoms with Crippen molar-refractivity contribution in [3.63, 3.8) is 0 Å². The topological polar surface area (TPSA) is 57.7 Å². The van der Waals surface area contributed by atoms with Gasteiger partial charge < -0.3 is 19.9 Å². The molecule has 0 aliphatic carbocycles. The number of pyridine rings is 1. The van der Waals surface area contributed by atoms with Crippen molar-refractivity contribution in [2.75, 3.05) is 36.5 Å². The lowest BCUT2D eigenvalue weighted by Gasteiger charge is -2.23. The SMILES string of the molecule is CC(=O)N[C@@H](C)c1ccc(O[C@@H]2CCN(c3ccnc(N(C)CC(F)F)c3F)C2)cc1. The molecule has 9 heteroatoms. The summed E-state index contributed by atoms with van der Waals surface area (Å²) in [6.07, 6.45) is -0.576. The summed E-state index contributed by atoms with van der Waals surface area (Å²) >= 11 is 0. The van der Waals surface area contributed by atoms with Gasteiger partial charge in [0.05, 0.1) is 24.8 Å². The van der Waals surface area contributed by atoms with Crippen LogP contribution in [0.15, 0.2) is 36.5 Å². The van der Waals surface area contributed by atoms with Gasteiger partial charge in [0.15, 0.2) is 11.6 Å². The Bertz CT molecular complexity index is 895. The van der Waals surface area contributed by atoms with E-state index in [0.29, 0.717) is 30.9 Å². The molecule has 6 nitrogen and oxygen atoms in total. The molecule has 0 spiro atoms. The van der Waals surface area contributed by atoms with Crippen LogP contribution in [0.3, 0.4) is 0 Å². The number of ether oxygens (including phenoxy) is 1. The summed E-state index contributed by atoms with van der Waals surface area (Å²) in [5, 5.41) is 2.83. The summed E-state index contributed by atoms with van der Waals surface area (Å²) in [4.78, 5) is 18.1. The standard InChI is InChI=1S/C22H27F3N4O2/c1-14(27-15(2)30)16-4-6-17(7-5-16)31-18-9-11-29(12-18)19-8-10-26-22(21(19)25)28(3)13-20(23)24/h4-8,10,14,18,20H,9,11-13H2,1-3H3,(H,27,30)/t14-,18+/m0/s1. The molecule has 0 saturated carbocycles. The van der Waals surface area contributed by atoms with Gasteiger partial charge >= 0.3 is 0 Å². The second kappa shape index (κ2) is 9.89. The van der Waals surface area contributed by atoms with Crippen LogP contribution in [0.4, 0.5) is 24.7 Å². The predicted octanol–water partition coefficient (Wildman–Crippen LogP) is 3.78. The molecule has 1 aliphatic heterocycles. The van der Waals surface area contributed by atoms with Crippen LogP contribution in [-0.2, 0) is 4.79 Å². The zero-order valence-electron chi connectivity index (χ0n) is 17.8. The number of hydrogen-bond acceptors (Lipinski definition) is 5. The van der Waals surface area contributed by atoms with Crippen molar-refractivity contribution in [1.29, 1.82) is 0 Å². The number of hydrogen-bond donors (Lipinski definition) is 1. The Balaban J connectivity index is 1.62. The number of aromatic nitrogens is 1. The second-order valence-electron chi connectivity index (χ2n) is 7.71. The molecule has 1 saturated heterocycles. The number of nitrogens with one attached hydrogen (secondary N) is 1. The first-order valence-electron chi connectivity index (χ1n) is 10.2. The van der Waals surface area contributed by atoms with Gasteiger partial charge in [-0.2, -0.15) is 0 Å². The Morgan fingerprint density at radius 1 is 1.32 bits per heavy atom. The average molecular weight is 436 g/mol. The van der Waals surface area contributed by atoms with E-state index in [1.54, 1.807) is 6.07 Å². The molecule has 1 amide bonds. The third kappa shape index (κ3) is 5.80. The molecule has 1 fully saturated rings. The van der Waals surface area contributed by atoms with Crippen LogP contribution in [-0.4, -0.2) is 50.1 Å². The largest absolute Gasteiger partial charge is 0.489 e. The van der Waals surface area contributed by atoms with Gasteiger partial charge in [-0.05, 0) is 30.7 Å². The molecule has 3 rings (SSSR count). The summed E-state index contributed by atoms with van der Waals surface area (Å²) in [5.41, 5.74) is 1.30. The Labute approximate surface area is 180 Å². The lowest BCUT2D eigenvalue weighted by atomic mass is 10.1. The first-order chi connectivity index (χ1) is 14.7.